The van der Waals surface area contributed by atoms with Gasteiger partial charge in [0.15, 0.2) is 0 Å². The van der Waals surface area contributed by atoms with Gasteiger partial charge in [0.25, 0.3) is 0 Å². The molecule has 0 spiro atoms. The largest absolute Gasteiger partial charge is 0.423 e. The van der Waals surface area contributed by atoms with Crippen LogP contribution in [0.4, 0.5) is 0 Å². The molecule has 0 aromatic heterocycles. The molecule has 0 saturated heterocycles. The maximum atomic E-state index is 9.08. The van der Waals surface area contributed by atoms with Crippen molar-refractivity contribution in [2.75, 3.05) is 0 Å². The first kappa shape index (κ1) is 27.5. The van der Waals surface area contributed by atoms with Gasteiger partial charge in [0.2, 0.25) is 0 Å². The molecule has 0 saturated carbocycles. The molecular formula is H6KO14S3. The Labute approximate surface area is 143 Å². The second kappa shape index (κ2) is 11.9. The van der Waals surface area contributed by atoms with Gasteiger partial charge in [-0.3, -0.25) is 18.2 Å². The van der Waals surface area contributed by atoms with E-state index in [4.69, 9.17) is 54.0 Å². The minimum atomic E-state index is -4.67. The smallest absolute Gasteiger partial charge is 0.264 e. The van der Waals surface area contributed by atoms with Crippen LogP contribution in [0, 0.1) is 0 Å². The minimum Gasteiger partial charge on any atom is -0.264 e. The van der Waals surface area contributed by atoms with Gasteiger partial charge in [0, 0.05) is 51.4 Å². The summed E-state index contributed by atoms with van der Waals surface area (Å²) in [6.07, 6.45) is 0. The van der Waals surface area contributed by atoms with Crippen molar-refractivity contribution in [2.45, 2.75) is 0 Å². The van der Waals surface area contributed by atoms with Gasteiger partial charge in [-0.1, -0.05) is 8.67 Å². The van der Waals surface area contributed by atoms with E-state index in [-0.39, 0.29) is 51.4 Å². The maximum absolute atomic E-state index is 9.08. The summed E-state index contributed by atoms with van der Waals surface area (Å²) in [4.78, 5) is 0. The van der Waals surface area contributed by atoms with E-state index in [9.17, 15) is 0 Å². The van der Waals surface area contributed by atoms with Crippen LogP contribution < -0.4 is 0 Å². The number of hydrogen-bond acceptors (Lipinski definition) is 10. The standard InChI is InChI=1S/K.2H2O5S.H2O4S/c;2*1-5-6(2,3)4;1-5(2,3)4/h;2*1H,(H,2,3,4);(H2,1,2,3,4). The van der Waals surface area contributed by atoms with Crippen molar-refractivity contribution in [3.8, 4) is 0 Å². The molecule has 0 rings (SSSR count). The summed E-state index contributed by atoms with van der Waals surface area (Å²) in [5.74, 6) is 0. The van der Waals surface area contributed by atoms with Crippen LogP contribution in [0.3, 0.4) is 0 Å². The van der Waals surface area contributed by atoms with E-state index >= 15 is 0 Å². The first-order valence-corrected chi connectivity index (χ1v) is 6.56. The predicted molar refractivity (Wildman–Crippen MR) is 50.5 cm³/mol. The molecular weight excluding hydrogens is 359 g/mol. The van der Waals surface area contributed by atoms with Crippen molar-refractivity contribution >= 4 is 82.6 Å². The van der Waals surface area contributed by atoms with Crippen LogP contribution in [0.5, 0.6) is 0 Å². The van der Waals surface area contributed by atoms with E-state index in [1.807, 2.05) is 0 Å². The Bertz CT molecular complexity index is 421. The molecule has 18 heteroatoms. The van der Waals surface area contributed by atoms with E-state index in [0.29, 0.717) is 0 Å². The Kier molecular flexibility index (Phi) is 18.3. The van der Waals surface area contributed by atoms with Crippen LogP contribution in [-0.4, -0.2) is 105 Å². The Morgan fingerprint density at radius 2 is 0.667 bits per heavy atom. The number of hydrogen-bond donors (Lipinski definition) is 6. The summed E-state index contributed by atoms with van der Waals surface area (Å²) in [5, 5.41) is 14.1. The van der Waals surface area contributed by atoms with E-state index in [1.54, 1.807) is 0 Å². The van der Waals surface area contributed by atoms with Crippen molar-refractivity contribution in [2.24, 2.45) is 0 Å². The third-order valence-corrected chi connectivity index (χ3v) is 0.565. The molecule has 0 aliphatic carbocycles. The summed E-state index contributed by atoms with van der Waals surface area (Å²) >= 11 is 0. The molecule has 0 aromatic carbocycles. The average molecular weight is 365 g/mol. The molecule has 0 amide bonds. The molecule has 6 N–H and O–H groups in total. The molecule has 0 heterocycles. The van der Waals surface area contributed by atoms with E-state index < -0.39 is 31.2 Å². The molecule has 14 nitrogen and oxygen atoms in total. The summed E-state index contributed by atoms with van der Waals surface area (Å²) in [6.45, 7) is 0. The molecule has 1 radical (unpaired) electrons. The fourth-order valence-corrected chi connectivity index (χ4v) is 0. The number of rotatable bonds is 2. The van der Waals surface area contributed by atoms with Crippen molar-refractivity contribution in [1.29, 1.82) is 0 Å². The molecule has 18 heavy (non-hydrogen) atoms. The zero-order chi connectivity index (χ0) is 14.9. The Morgan fingerprint density at radius 3 is 0.667 bits per heavy atom. The zero-order valence-corrected chi connectivity index (χ0v) is 13.7. The van der Waals surface area contributed by atoms with Gasteiger partial charge in [-0.15, -0.1) is 0 Å². The van der Waals surface area contributed by atoms with Crippen LogP contribution in [0.1, 0.15) is 0 Å². The summed E-state index contributed by atoms with van der Waals surface area (Å²) in [6, 6.07) is 0. The van der Waals surface area contributed by atoms with Gasteiger partial charge < -0.3 is 0 Å². The fraction of sp³-hybridized carbons (Fsp3) is 0. The topological polar surface area (TPSA) is 242 Å². The van der Waals surface area contributed by atoms with Gasteiger partial charge in [0.05, 0.1) is 0 Å². The van der Waals surface area contributed by atoms with Crippen molar-refractivity contribution in [3.63, 3.8) is 0 Å². The minimum absolute atomic E-state index is 0. The van der Waals surface area contributed by atoms with E-state index in [1.165, 1.54) is 0 Å². The van der Waals surface area contributed by atoms with Crippen LogP contribution >= 0.6 is 0 Å². The molecule has 0 unspecified atom stereocenters. The second-order valence-electron chi connectivity index (χ2n) is 1.45. The third-order valence-electron chi connectivity index (χ3n) is 0.188. The maximum Gasteiger partial charge on any atom is 0.423 e. The van der Waals surface area contributed by atoms with Crippen molar-refractivity contribution in [3.05, 3.63) is 0 Å². The van der Waals surface area contributed by atoms with Gasteiger partial charge in [-0.25, -0.2) is 10.5 Å². The Hall–Kier alpha value is 1.17. The van der Waals surface area contributed by atoms with Gasteiger partial charge in [-0.05, 0) is 0 Å². The van der Waals surface area contributed by atoms with Crippen molar-refractivity contribution < 1.29 is 62.6 Å². The van der Waals surface area contributed by atoms with Crippen molar-refractivity contribution in [1.82, 2.24) is 0 Å². The summed E-state index contributed by atoms with van der Waals surface area (Å²) in [7, 11) is -13.9. The molecule has 0 fully saturated rings. The normalized spacial score (nSPS) is 11.0. The van der Waals surface area contributed by atoms with Crippen LogP contribution in [-0.2, 0) is 39.9 Å². The van der Waals surface area contributed by atoms with Crippen LogP contribution in [0.2, 0.25) is 0 Å². The van der Waals surface area contributed by atoms with E-state index in [2.05, 4.69) is 8.67 Å². The molecule has 0 aliphatic rings. The summed E-state index contributed by atoms with van der Waals surface area (Å²) < 4.78 is 87.5. The zero-order valence-electron chi connectivity index (χ0n) is 8.17. The van der Waals surface area contributed by atoms with E-state index in [0.717, 1.165) is 0 Å². The summed E-state index contributed by atoms with van der Waals surface area (Å²) in [5.41, 5.74) is 0. The Morgan fingerprint density at radius 1 is 0.611 bits per heavy atom. The quantitative estimate of drug-likeness (QED) is 0.128. The molecule has 0 atom stereocenters. The SMILES string of the molecule is O=S(=O)(O)O.O=S(=O)(O)OO.O=S(=O)(O)OO.[K]. The van der Waals surface area contributed by atoms with Gasteiger partial charge in [0.1, 0.15) is 0 Å². The van der Waals surface area contributed by atoms with Crippen LogP contribution in [0.15, 0.2) is 0 Å². The molecule has 0 aromatic rings. The molecule has 0 bridgehead atoms. The monoisotopic (exact) mass is 365 g/mol. The average Bonchev–Trinajstić information content (AvgIpc) is 2.00. The third kappa shape index (κ3) is 87.4. The predicted octanol–water partition coefficient (Wildman–Crippen LogP) is -2.48. The molecule has 0 aliphatic heterocycles. The van der Waals surface area contributed by atoms with Crippen LogP contribution in [0.25, 0.3) is 0 Å². The Balaban J connectivity index is -0.0000000799. The molecule has 109 valence electrons. The second-order valence-corrected chi connectivity index (χ2v) is 4.36. The fourth-order valence-electron chi connectivity index (χ4n) is 0. The van der Waals surface area contributed by atoms with Gasteiger partial charge in [-0.2, -0.15) is 25.3 Å². The first-order chi connectivity index (χ1) is 7.12. The van der Waals surface area contributed by atoms with Gasteiger partial charge >= 0.3 is 31.2 Å². The first-order valence-electron chi connectivity index (χ1n) is 2.43.